The van der Waals surface area contributed by atoms with Crippen molar-refractivity contribution in [3.63, 3.8) is 0 Å². The van der Waals surface area contributed by atoms with Crippen molar-refractivity contribution in [2.75, 3.05) is 6.61 Å². The molecular formula is C9H16O2. The highest BCUT2D eigenvalue weighted by Gasteiger charge is 2.00. The maximum absolute atomic E-state index is 10.4. The summed E-state index contributed by atoms with van der Waals surface area (Å²) in [7, 11) is 0. The molecule has 0 radical (unpaired) electrons. The SMILES string of the molecule is C/C=C/C[C@@H](C)COC(C)=O. The highest BCUT2D eigenvalue weighted by molar-refractivity contribution is 5.65. The Morgan fingerprint density at radius 1 is 1.64 bits per heavy atom. The van der Waals surface area contributed by atoms with Crippen LogP contribution in [-0.4, -0.2) is 12.6 Å². The predicted molar refractivity (Wildman–Crippen MR) is 45.2 cm³/mol. The standard InChI is InChI=1S/C9H16O2/c1-4-5-6-8(2)7-11-9(3)10/h4-5,8H,6-7H2,1-3H3/b5-4+/t8-/m1/s1. The molecule has 0 saturated heterocycles. The summed E-state index contributed by atoms with van der Waals surface area (Å²) in [5.74, 6) is 0.229. The van der Waals surface area contributed by atoms with Gasteiger partial charge < -0.3 is 4.74 Å². The van der Waals surface area contributed by atoms with E-state index in [2.05, 4.69) is 13.0 Å². The van der Waals surface area contributed by atoms with Crippen molar-refractivity contribution < 1.29 is 9.53 Å². The van der Waals surface area contributed by atoms with Gasteiger partial charge >= 0.3 is 5.97 Å². The van der Waals surface area contributed by atoms with E-state index in [1.165, 1.54) is 6.92 Å². The molecule has 0 aromatic rings. The Bertz CT molecular complexity index is 138. The Labute approximate surface area is 68.2 Å². The zero-order valence-electron chi connectivity index (χ0n) is 7.46. The first-order valence-corrected chi connectivity index (χ1v) is 3.91. The first-order chi connectivity index (χ1) is 5.16. The van der Waals surface area contributed by atoms with Crippen LogP contribution >= 0.6 is 0 Å². The van der Waals surface area contributed by atoms with Crippen LogP contribution in [0, 0.1) is 5.92 Å². The third-order valence-electron chi connectivity index (χ3n) is 1.35. The molecular weight excluding hydrogens is 140 g/mol. The summed E-state index contributed by atoms with van der Waals surface area (Å²) in [4.78, 5) is 10.4. The second-order valence-electron chi connectivity index (χ2n) is 2.71. The number of carbonyl (C=O) groups is 1. The summed E-state index contributed by atoms with van der Waals surface area (Å²) in [5.41, 5.74) is 0. The minimum absolute atomic E-state index is 0.197. The van der Waals surface area contributed by atoms with Crippen LogP contribution in [0.15, 0.2) is 12.2 Å². The molecule has 0 bridgehead atoms. The van der Waals surface area contributed by atoms with E-state index >= 15 is 0 Å². The van der Waals surface area contributed by atoms with E-state index < -0.39 is 0 Å². The second-order valence-corrected chi connectivity index (χ2v) is 2.71. The molecule has 1 atom stereocenters. The van der Waals surface area contributed by atoms with Gasteiger partial charge in [-0.05, 0) is 19.3 Å². The largest absolute Gasteiger partial charge is 0.466 e. The van der Waals surface area contributed by atoms with E-state index in [-0.39, 0.29) is 5.97 Å². The van der Waals surface area contributed by atoms with Crippen LogP contribution in [0.4, 0.5) is 0 Å². The van der Waals surface area contributed by atoms with Gasteiger partial charge in [0.05, 0.1) is 6.61 Å². The fourth-order valence-corrected chi connectivity index (χ4v) is 0.696. The van der Waals surface area contributed by atoms with E-state index in [1.807, 2.05) is 13.0 Å². The molecule has 0 saturated carbocycles. The van der Waals surface area contributed by atoms with E-state index in [1.54, 1.807) is 0 Å². The Morgan fingerprint density at radius 2 is 2.27 bits per heavy atom. The predicted octanol–water partition coefficient (Wildman–Crippen LogP) is 2.15. The molecule has 0 N–H and O–H groups in total. The van der Waals surface area contributed by atoms with E-state index in [9.17, 15) is 4.79 Å². The molecule has 0 aromatic carbocycles. The lowest BCUT2D eigenvalue weighted by Gasteiger charge is -2.07. The van der Waals surface area contributed by atoms with Gasteiger partial charge in [0, 0.05) is 6.92 Å². The van der Waals surface area contributed by atoms with E-state index in [4.69, 9.17) is 4.74 Å². The molecule has 2 heteroatoms. The lowest BCUT2D eigenvalue weighted by Crippen LogP contribution is -2.08. The van der Waals surface area contributed by atoms with Crippen LogP contribution in [-0.2, 0) is 9.53 Å². The fourth-order valence-electron chi connectivity index (χ4n) is 0.696. The van der Waals surface area contributed by atoms with Crippen LogP contribution in [0.5, 0.6) is 0 Å². The number of allylic oxidation sites excluding steroid dienone is 2. The molecule has 0 aliphatic heterocycles. The van der Waals surface area contributed by atoms with Gasteiger partial charge in [-0.2, -0.15) is 0 Å². The number of carbonyl (C=O) groups excluding carboxylic acids is 1. The topological polar surface area (TPSA) is 26.3 Å². The molecule has 0 spiro atoms. The van der Waals surface area contributed by atoms with Crippen molar-refractivity contribution in [3.8, 4) is 0 Å². The molecule has 0 rings (SSSR count). The molecule has 0 unspecified atom stereocenters. The van der Waals surface area contributed by atoms with Crippen LogP contribution in [0.3, 0.4) is 0 Å². The van der Waals surface area contributed by atoms with Gasteiger partial charge in [0.1, 0.15) is 0 Å². The number of hydrogen-bond donors (Lipinski definition) is 0. The summed E-state index contributed by atoms with van der Waals surface area (Å²) in [5, 5.41) is 0. The molecule has 0 fully saturated rings. The molecule has 0 heterocycles. The average molecular weight is 156 g/mol. The van der Waals surface area contributed by atoms with E-state index in [0.717, 1.165) is 6.42 Å². The van der Waals surface area contributed by atoms with Crippen molar-refractivity contribution in [1.82, 2.24) is 0 Å². The van der Waals surface area contributed by atoms with Gasteiger partial charge in [0.25, 0.3) is 0 Å². The molecule has 0 amide bonds. The summed E-state index contributed by atoms with van der Waals surface area (Å²) >= 11 is 0. The van der Waals surface area contributed by atoms with Crippen molar-refractivity contribution >= 4 is 5.97 Å². The zero-order valence-corrected chi connectivity index (χ0v) is 7.46. The van der Waals surface area contributed by atoms with Gasteiger partial charge in [-0.3, -0.25) is 4.79 Å². The van der Waals surface area contributed by atoms with Crippen molar-refractivity contribution in [3.05, 3.63) is 12.2 Å². The molecule has 64 valence electrons. The maximum Gasteiger partial charge on any atom is 0.302 e. The molecule has 0 aliphatic carbocycles. The monoisotopic (exact) mass is 156 g/mol. The van der Waals surface area contributed by atoms with Gasteiger partial charge in [0.2, 0.25) is 0 Å². The Kier molecular flexibility index (Phi) is 5.53. The highest BCUT2D eigenvalue weighted by atomic mass is 16.5. The molecule has 0 aliphatic rings. The average Bonchev–Trinajstić information content (AvgIpc) is 1.97. The van der Waals surface area contributed by atoms with Gasteiger partial charge in [-0.15, -0.1) is 0 Å². The van der Waals surface area contributed by atoms with Gasteiger partial charge in [-0.1, -0.05) is 19.1 Å². The first kappa shape index (κ1) is 10.2. The molecule has 2 nitrogen and oxygen atoms in total. The first-order valence-electron chi connectivity index (χ1n) is 3.91. The van der Waals surface area contributed by atoms with Crippen molar-refractivity contribution in [2.45, 2.75) is 27.2 Å². The van der Waals surface area contributed by atoms with Crippen LogP contribution in [0.25, 0.3) is 0 Å². The number of ether oxygens (including phenoxy) is 1. The fraction of sp³-hybridized carbons (Fsp3) is 0.667. The van der Waals surface area contributed by atoms with Crippen LogP contribution in [0.1, 0.15) is 27.2 Å². The minimum atomic E-state index is -0.197. The maximum atomic E-state index is 10.4. The number of esters is 1. The van der Waals surface area contributed by atoms with Crippen LogP contribution < -0.4 is 0 Å². The lowest BCUT2D eigenvalue weighted by atomic mass is 10.1. The normalized spacial score (nSPS) is 13.4. The quantitative estimate of drug-likeness (QED) is 0.460. The summed E-state index contributed by atoms with van der Waals surface area (Å²) in [6.45, 7) is 6.00. The third-order valence-corrected chi connectivity index (χ3v) is 1.35. The summed E-state index contributed by atoms with van der Waals surface area (Å²) in [6, 6.07) is 0. The Morgan fingerprint density at radius 3 is 2.73 bits per heavy atom. The second kappa shape index (κ2) is 5.96. The van der Waals surface area contributed by atoms with Crippen molar-refractivity contribution in [2.24, 2.45) is 5.92 Å². The zero-order chi connectivity index (χ0) is 8.69. The summed E-state index contributed by atoms with van der Waals surface area (Å²) < 4.78 is 4.83. The number of rotatable bonds is 4. The summed E-state index contributed by atoms with van der Waals surface area (Å²) in [6.07, 6.45) is 5.06. The molecule has 0 aromatic heterocycles. The van der Waals surface area contributed by atoms with Gasteiger partial charge in [0.15, 0.2) is 0 Å². The highest BCUT2D eigenvalue weighted by Crippen LogP contribution is 2.02. The van der Waals surface area contributed by atoms with Gasteiger partial charge in [-0.25, -0.2) is 0 Å². The minimum Gasteiger partial charge on any atom is -0.466 e. The molecule has 11 heavy (non-hydrogen) atoms. The van der Waals surface area contributed by atoms with E-state index in [0.29, 0.717) is 12.5 Å². The van der Waals surface area contributed by atoms with Crippen LogP contribution in [0.2, 0.25) is 0 Å². The lowest BCUT2D eigenvalue weighted by molar-refractivity contribution is -0.142. The Hall–Kier alpha value is -0.790. The van der Waals surface area contributed by atoms with Crippen molar-refractivity contribution in [1.29, 1.82) is 0 Å². The number of hydrogen-bond acceptors (Lipinski definition) is 2. The smallest absolute Gasteiger partial charge is 0.302 e. The Balaban J connectivity index is 3.36. The third kappa shape index (κ3) is 7.10.